The fourth-order valence-corrected chi connectivity index (χ4v) is 3.33. The average molecular weight is 238 g/mol. The van der Waals surface area contributed by atoms with Crippen LogP contribution in [0, 0.1) is 6.07 Å². The molecule has 1 N–H and O–H groups in total. The summed E-state index contributed by atoms with van der Waals surface area (Å²) in [6, 6.07) is 9.52. The molecule has 0 atom stereocenters. The van der Waals surface area contributed by atoms with E-state index in [0.717, 1.165) is 25.7 Å². The van der Waals surface area contributed by atoms with Crippen molar-refractivity contribution in [2.24, 2.45) is 0 Å². The lowest BCUT2D eigenvalue weighted by Gasteiger charge is -2.22. The van der Waals surface area contributed by atoms with Crippen LogP contribution in [0.2, 0.25) is 0 Å². The first kappa shape index (κ1) is 11.6. The number of sulfonamides is 1. The lowest BCUT2D eigenvalue weighted by atomic mass is 9.96. The highest BCUT2D eigenvalue weighted by atomic mass is 32.2. The maximum atomic E-state index is 12.0. The van der Waals surface area contributed by atoms with E-state index in [1.165, 1.54) is 6.42 Å². The van der Waals surface area contributed by atoms with E-state index < -0.39 is 10.0 Å². The summed E-state index contributed by atoms with van der Waals surface area (Å²) in [6.45, 7) is 0. The van der Waals surface area contributed by atoms with Gasteiger partial charge in [-0.3, -0.25) is 0 Å². The van der Waals surface area contributed by atoms with Gasteiger partial charge in [0.1, 0.15) is 0 Å². The summed E-state index contributed by atoms with van der Waals surface area (Å²) in [7, 11) is -3.37. The molecular formula is C12H16NO2S. The predicted octanol–water partition coefficient (Wildman–Crippen LogP) is 2.10. The molecule has 4 heteroatoms. The molecule has 0 aromatic heterocycles. The molecule has 0 unspecified atom stereocenters. The van der Waals surface area contributed by atoms with Gasteiger partial charge in [-0.15, -0.1) is 0 Å². The lowest BCUT2D eigenvalue weighted by molar-refractivity contribution is 0.412. The quantitative estimate of drug-likeness (QED) is 0.876. The fraction of sp³-hybridized carbons (Fsp3) is 0.500. The maximum absolute atomic E-state index is 12.0. The van der Waals surface area contributed by atoms with Gasteiger partial charge in [0, 0.05) is 12.1 Å². The second-order valence-electron chi connectivity index (χ2n) is 4.18. The minimum absolute atomic E-state index is 0.104. The van der Waals surface area contributed by atoms with Gasteiger partial charge >= 0.3 is 0 Å². The van der Waals surface area contributed by atoms with Crippen molar-refractivity contribution in [1.29, 1.82) is 0 Å². The molecule has 16 heavy (non-hydrogen) atoms. The van der Waals surface area contributed by atoms with Crippen LogP contribution >= 0.6 is 0 Å². The zero-order valence-corrected chi connectivity index (χ0v) is 9.96. The fourth-order valence-electron chi connectivity index (χ4n) is 2.05. The monoisotopic (exact) mass is 238 g/mol. The van der Waals surface area contributed by atoms with Gasteiger partial charge in [0.15, 0.2) is 0 Å². The molecule has 1 aliphatic carbocycles. The van der Waals surface area contributed by atoms with Crippen molar-refractivity contribution in [3.05, 3.63) is 30.3 Å². The van der Waals surface area contributed by atoms with E-state index >= 15 is 0 Å². The Kier molecular flexibility index (Phi) is 3.61. The van der Waals surface area contributed by atoms with Gasteiger partial charge in [-0.05, 0) is 18.9 Å². The van der Waals surface area contributed by atoms with E-state index in [4.69, 9.17) is 0 Å². The molecule has 0 bridgehead atoms. The molecular weight excluding hydrogens is 222 g/mol. The lowest BCUT2D eigenvalue weighted by Crippen LogP contribution is -2.36. The smallest absolute Gasteiger partial charge is 0.208 e. The first-order chi connectivity index (χ1) is 7.68. The van der Waals surface area contributed by atoms with Crippen LogP contribution < -0.4 is 4.72 Å². The summed E-state index contributed by atoms with van der Waals surface area (Å²) in [4.78, 5) is 0.237. The minimum Gasteiger partial charge on any atom is -0.208 e. The Hall–Kier alpha value is -0.870. The molecule has 0 heterocycles. The van der Waals surface area contributed by atoms with E-state index in [1.54, 1.807) is 24.3 Å². The molecule has 2 rings (SSSR count). The summed E-state index contributed by atoms with van der Waals surface area (Å²) in [6.07, 6.45) is 5.35. The van der Waals surface area contributed by atoms with Crippen molar-refractivity contribution in [2.75, 3.05) is 0 Å². The van der Waals surface area contributed by atoms with E-state index in [2.05, 4.69) is 10.8 Å². The predicted molar refractivity (Wildman–Crippen MR) is 62.5 cm³/mol. The maximum Gasteiger partial charge on any atom is 0.241 e. The van der Waals surface area contributed by atoms with Crippen LogP contribution in [-0.4, -0.2) is 14.5 Å². The second kappa shape index (κ2) is 4.97. The number of hydrogen-bond acceptors (Lipinski definition) is 2. The van der Waals surface area contributed by atoms with Gasteiger partial charge in [0.05, 0.1) is 4.90 Å². The third-order valence-electron chi connectivity index (χ3n) is 2.90. The van der Waals surface area contributed by atoms with Gasteiger partial charge in [0.2, 0.25) is 10.0 Å². The third-order valence-corrected chi connectivity index (χ3v) is 4.37. The molecule has 0 saturated heterocycles. The Bertz CT molecular complexity index is 422. The first-order valence-corrected chi connectivity index (χ1v) is 7.16. The van der Waals surface area contributed by atoms with Crippen LogP contribution in [0.3, 0.4) is 0 Å². The van der Waals surface area contributed by atoms with Gasteiger partial charge in [-0.1, -0.05) is 37.5 Å². The van der Waals surface area contributed by atoms with Crippen molar-refractivity contribution in [2.45, 2.75) is 43.0 Å². The normalized spacial score (nSPS) is 18.5. The largest absolute Gasteiger partial charge is 0.241 e. The molecule has 1 aromatic rings. The first-order valence-electron chi connectivity index (χ1n) is 5.67. The van der Waals surface area contributed by atoms with Crippen molar-refractivity contribution in [3.8, 4) is 0 Å². The van der Waals surface area contributed by atoms with Crippen LogP contribution in [0.1, 0.15) is 32.1 Å². The highest BCUT2D eigenvalue weighted by Crippen LogP contribution is 2.19. The number of hydrogen-bond donors (Lipinski definition) is 1. The van der Waals surface area contributed by atoms with Crippen LogP contribution in [-0.2, 0) is 10.0 Å². The van der Waals surface area contributed by atoms with Crippen LogP contribution in [0.5, 0.6) is 0 Å². The van der Waals surface area contributed by atoms with E-state index in [1.807, 2.05) is 0 Å². The van der Waals surface area contributed by atoms with Crippen LogP contribution in [0.4, 0.5) is 0 Å². The van der Waals surface area contributed by atoms with Gasteiger partial charge in [-0.25, -0.2) is 13.1 Å². The third kappa shape index (κ3) is 2.83. The molecule has 87 valence electrons. The molecule has 1 aliphatic rings. The zero-order chi connectivity index (χ0) is 11.4. The molecule has 1 aromatic carbocycles. The summed E-state index contributed by atoms with van der Waals surface area (Å²) in [5.41, 5.74) is 0. The van der Waals surface area contributed by atoms with Crippen molar-refractivity contribution >= 4 is 10.0 Å². The summed E-state index contributed by atoms with van der Waals surface area (Å²) in [5, 5.41) is 0. The van der Waals surface area contributed by atoms with Crippen molar-refractivity contribution < 1.29 is 8.42 Å². The highest BCUT2D eigenvalue weighted by Gasteiger charge is 2.21. The average Bonchev–Trinajstić information content (AvgIpc) is 2.31. The Morgan fingerprint density at radius 1 is 1.19 bits per heavy atom. The Morgan fingerprint density at radius 3 is 2.56 bits per heavy atom. The Morgan fingerprint density at radius 2 is 1.94 bits per heavy atom. The number of rotatable bonds is 3. The van der Waals surface area contributed by atoms with Crippen molar-refractivity contribution in [1.82, 2.24) is 4.72 Å². The molecule has 1 radical (unpaired) electrons. The molecule has 0 aliphatic heterocycles. The Balaban J connectivity index is 2.08. The van der Waals surface area contributed by atoms with Gasteiger partial charge < -0.3 is 0 Å². The van der Waals surface area contributed by atoms with Crippen LogP contribution in [0.15, 0.2) is 29.2 Å². The topological polar surface area (TPSA) is 46.2 Å². The minimum atomic E-state index is -3.37. The molecule has 0 spiro atoms. The molecule has 0 amide bonds. The van der Waals surface area contributed by atoms with E-state index in [0.29, 0.717) is 0 Å². The van der Waals surface area contributed by atoms with Gasteiger partial charge in [-0.2, -0.15) is 0 Å². The summed E-state index contributed by atoms with van der Waals surface area (Å²) in [5.74, 6) is 0. The summed E-state index contributed by atoms with van der Waals surface area (Å²) < 4.78 is 26.7. The zero-order valence-electron chi connectivity index (χ0n) is 9.15. The number of benzene rings is 1. The Labute approximate surface area is 96.9 Å². The summed E-state index contributed by atoms with van der Waals surface area (Å²) >= 11 is 0. The molecule has 1 fully saturated rings. The SMILES string of the molecule is O=S(=O)(NC1CCCCC1)c1[c]cccc1. The van der Waals surface area contributed by atoms with Gasteiger partial charge in [0.25, 0.3) is 0 Å². The second-order valence-corrected chi connectivity index (χ2v) is 5.87. The number of nitrogens with one attached hydrogen (secondary N) is 1. The van der Waals surface area contributed by atoms with E-state index in [-0.39, 0.29) is 10.9 Å². The molecule has 3 nitrogen and oxygen atoms in total. The van der Waals surface area contributed by atoms with Crippen molar-refractivity contribution in [3.63, 3.8) is 0 Å². The molecule has 1 saturated carbocycles. The highest BCUT2D eigenvalue weighted by molar-refractivity contribution is 7.89. The standard InChI is InChI=1S/C12H16NO2S/c14-16(15,12-9-5-2-6-10-12)13-11-7-3-1-4-8-11/h2,5-6,9,11,13H,1,3-4,7-8H2. The van der Waals surface area contributed by atoms with Crippen LogP contribution in [0.25, 0.3) is 0 Å². The van der Waals surface area contributed by atoms with E-state index in [9.17, 15) is 8.42 Å².